The quantitative estimate of drug-likeness (QED) is 0.346. The lowest BCUT2D eigenvalue weighted by atomic mass is 10.4. The molecule has 0 bridgehead atoms. The maximum absolute atomic E-state index is 10.9. The van der Waals surface area contributed by atoms with Gasteiger partial charge in [-0.15, -0.1) is 0 Å². The highest BCUT2D eigenvalue weighted by atomic mass is 16.6. The van der Waals surface area contributed by atoms with E-state index in [1.807, 2.05) is 0 Å². The maximum Gasteiger partial charge on any atom is 0.333 e. The van der Waals surface area contributed by atoms with Gasteiger partial charge in [-0.2, -0.15) is 0 Å². The molecular weight excluding hydrogens is 168 g/mol. The third kappa shape index (κ3) is 7.53. The van der Waals surface area contributed by atoms with Crippen molar-refractivity contribution in [3.8, 4) is 0 Å². The second-order valence-electron chi connectivity index (χ2n) is 2.88. The Hall–Kier alpha value is -0.830. The van der Waals surface area contributed by atoms with Crippen LogP contribution < -0.4 is 0 Å². The molecule has 0 aromatic rings. The highest BCUT2D eigenvalue weighted by Crippen LogP contribution is 1.92. The number of carbonyl (C=O) groups is 1. The number of esters is 1. The van der Waals surface area contributed by atoms with E-state index in [1.165, 1.54) is 0 Å². The van der Waals surface area contributed by atoms with Gasteiger partial charge in [-0.3, -0.25) is 0 Å². The van der Waals surface area contributed by atoms with Crippen LogP contribution in [0, 0.1) is 0 Å². The van der Waals surface area contributed by atoms with Gasteiger partial charge >= 0.3 is 5.97 Å². The smallest absolute Gasteiger partial charge is 0.333 e. The molecule has 3 nitrogen and oxygen atoms in total. The van der Waals surface area contributed by atoms with E-state index >= 15 is 0 Å². The van der Waals surface area contributed by atoms with Crippen LogP contribution in [0.4, 0.5) is 0 Å². The lowest BCUT2D eigenvalue weighted by Gasteiger charge is -2.04. The number of rotatable bonds is 7. The Morgan fingerprint density at radius 3 is 2.54 bits per heavy atom. The van der Waals surface area contributed by atoms with E-state index in [-0.39, 0.29) is 5.97 Å². The highest BCUT2D eigenvalue weighted by Gasteiger charge is 2.01. The first-order valence-corrected chi connectivity index (χ1v) is 4.58. The Bertz CT molecular complexity index is 164. The van der Waals surface area contributed by atoms with E-state index in [0.717, 1.165) is 19.4 Å². The summed E-state index contributed by atoms with van der Waals surface area (Å²) < 4.78 is 10.0. The molecule has 0 heterocycles. The van der Waals surface area contributed by atoms with Gasteiger partial charge in [0.1, 0.15) is 6.61 Å². The van der Waals surface area contributed by atoms with Gasteiger partial charge in [0, 0.05) is 12.2 Å². The minimum Gasteiger partial charge on any atom is -0.460 e. The fourth-order valence-electron chi connectivity index (χ4n) is 0.665. The standard InChI is InChI=1S/C10H18O3/c1-4-5-6-12-7-8-13-10(11)9(2)3/h2,4-8H2,1,3H3. The van der Waals surface area contributed by atoms with Crippen LogP contribution in [0.2, 0.25) is 0 Å². The molecule has 0 saturated heterocycles. The zero-order valence-corrected chi connectivity index (χ0v) is 8.47. The van der Waals surface area contributed by atoms with Crippen LogP contribution >= 0.6 is 0 Å². The predicted molar refractivity (Wildman–Crippen MR) is 51.5 cm³/mol. The molecule has 0 saturated carbocycles. The fraction of sp³-hybridized carbons (Fsp3) is 0.700. The average Bonchev–Trinajstić information content (AvgIpc) is 2.10. The summed E-state index contributed by atoms with van der Waals surface area (Å²) in [5.41, 5.74) is 0.425. The third-order valence-corrected chi connectivity index (χ3v) is 1.45. The first-order chi connectivity index (χ1) is 6.18. The van der Waals surface area contributed by atoms with Crippen molar-refractivity contribution in [2.75, 3.05) is 19.8 Å². The Labute approximate surface area is 79.7 Å². The molecule has 0 aromatic heterocycles. The van der Waals surface area contributed by atoms with Gasteiger partial charge < -0.3 is 9.47 Å². The molecule has 0 N–H and O–H groups in total. The van der Waals surface area contributed by atoms with Gasteiger partial charge in [0.05, 0.1) is 6.61 Å². The van der Waals surface area contributed by atoms with Crippen molar-refractivity contribution in [3.05, 3.63) is 12.2 Å². The molecule has 0 atom stereocenters. The van der Waals surface area contributed by atoms with Crippen LogP contribution in [-0.2, 0) is 14.3 Å². The molecule has 3 heteroatoms. The van der Waals surface area contributed by atoms with Gasteiger partial charge in [-0.1, -0.05) is 19.9 Å². The SMILES string of the molecule is C=C(C)C(=O)OCCOCCCC. The average molecular weight is 186 g/mol. The summed E-state index contributed by atoms with van der Waals surface area (Å²) in [7, 11) is 0. The Morgan fingerprint density at radius 1 is 1.31 bits per heavy atom. The molecule has 76 valence electrons. The first-order valence-electron chi connectivity index (χ1n) is 4.58. The summed E-state index contributed by atoms with van der Waals surface area (Å²) in [5, 5.41) is 0. The Kier molecular flexibility index (Phi) is 7.30. The van der Waals surface area contributed by atoms with Crippen LogP contribution in [0.15, 0.2) is 12.2 Å². The summed E-state index contributed by atoms with van der Waals surface area (Å²) in [4.78, 5) is 10.9. The number of hydrogen-bond acceptors (Lipinski definition) is 3. The number of hydrogen-bond donors (Lipinski definition) is 0. The molecule has 0 rings (SSSR count). The lowest BCUT2D eigenvalue weighted by molar-refractivity contribution is -0.140. The van der Waals surface area contributed by atoms with Gasteiger partial charge in [-0.05, 0) is 13.3 Å². The van der Waals surface area contributed by atoms with Crippen LogP contribution in [0.5, 0.6) is 0 Å². The Morgan fingerprint density at radius 2 is 2.00 bits per heavy atom. The fourth-order valence-corrected chi connectivity index (χ4v) is 0.665. The lowest BCUT2D eigenvalue weighted by Crippen LogP contribution is -2.11. The highest BCUT2D eigenvalue weighted by molar-refractivity contribution is 5.86. The third-order valence-electron chi connectivity index (χ3n) is 1.45. The van der Waals surface area contributed by atoms with Crippen molar-refractivity contribution in [1.29, 1.82) is 0 Å². The summed E-state index contributed by atoms with van der Waals surface area (Å²) in [6.45, 7) is 8.72. The molecule has 0 radical (unpaired) electrons. The van der Waals surface area contributed by atoms with Crippen molar-refractivity contribution in [2.24, 2.45) is 0 Å². The molecule has 0 amide bonds. The van der Waals surface area contributed by atoms with E-state index < -0.39 is 0 Å². The van der Waals surface area contributed by atoms with Crippen LogP contribution in [0.3, 0.4) is 0 Å². The van der Waals surface area contributed by atoms with Crippen molar-refractivity contribution in [3.63, 3.8) is 0 Å². The van der Waals surface area contributed by atoms with E-state index in [9.17, 15) is 4.79 Å². The molecule has 0 aliphatic rings. The van der Waals surface area contributed by atoms with E-state index in [2.05, 4.69) is 13.5 Å². The minimum atomic E-state index is -0.348. The number of unbranched alkanes of at least 4 members (excludes halogenated alkanes) is 1. The molecular formula is C10H18O3. The van der Waals surface area contributed by atoms with Crippen LogP contribution in [0.1, 0.15) is 26.7 Å². The van der Waals surface area contributed by atoms with Crippen molar-refractivity contribution >= 4 is 5.97 Å². The van der Waals surface area contributed by atoms with E-state index in [0.29, 0.717) is 18.8 Å². The second-order valence-corrected chi connectivity index (χ2v) is 2.88. The monoisotopic (exact) mass is 186 g/mol. The zero-order chi connectivity index (χ0) is 10.1. The number of carbonyl (C=O) groups excluding carboxylic acids is 1. The summed E-state index contributed by atoms with van der Waals surface area (Å²) >= 11 is 0. The summed E-state index contributed by atoms with van der Waals surface area (Å²) in [6.07, 6.45) is 2.17. The maximum atomic E-state index is 10.9. The van der Waals surface area contributed by atoms with Gasteiger partial charge in [0.2, 0.25) is 0 Å². The minimum absolute atomic E-state index is 0.315. The topological polar surface area (TPSA) is 35.5 Å². The van der Waals surface area contributed by atoms with Gasteiger partial charge in [-0.25, -0.2) is 4.79 Å². The number of ether oxygens (including phenoxy) is 2. The Balaban J connectivity index is 3.16. The largest absolute Gasteiger partial charge is 0.460 e. The van der Waals surface area contributed by atoms with Crippen LogP contribution in [-0.4, -0.2) is 25.8 Å². The second kappa shape index (κ2) is 7.80. The van der Waals surface area contributed by atoms with Gasteiger partial charge in [0.25, 0.3) is 0 Å². The molecule has 0 aromatic carbocycles. The molecule has 0 aliphatic heterocycles. The molecule has 0 unspecified atom stereocenters. The van der Waals surface area contributed by atoms with Crippen LogP contribution in [0.25, 0.3) is 0 Å². The predicted octanol–water partition coefficient (Wildman–Crippen LogP) is 1.92. The van der Waals surface area contributed by atoms with Crippen molar-refractivity contribution < 1.29 is 14.3 Å². The molecule has 0 spiro atoms. The first kappa shape index (κ1) is 12.2. The van der Waals surface area contributed by atoms with E-state index in [1.54, 1.807) is 6.92 Å². The summed E-state index contributed by atoms with van der Waals surface area (Å²) in [6, 6.07) is 0. The molecule has 0 aliphatic carbocycles. The van der Waals surface area contributed by atoms with E-state index in [4.69, 9.17) is 9.47 Å². The normalized spacial score (nSPS) is 9.69. The molecule has 0 fully saturated rings. The van der Waals surface area contributed by atoms with Crippen molar-refractivity contribution in [2.45, 2.75) is 26.7 Å². The molecule has 13 heavy (non-hydrogen) atoms. The summed E-state index contributed by atoms with van der Waals surface area (Å²) in [5.74, 6) is -0.348. The zero-order valence-electron chi connectivity index (χ0n) is 8.47. The van der Waals surface area contributed by atoms with Gasteiger partial charge in [0.15, 0.2) is 0 Å². The van der Waals surface area contributed by atoms with Crippen molar-refractivity contribution in [1.82, 2.24) is 0 Å².